The third-order valence-corrected chi connectivity index (χ3v) is 5.99. The number of methoxy groups -OCH3 is 1. The molecule has 0 saturated carbocycles. The number of alkyl halides is 6. The molecule has 3 rings (SSSR count). The van der Waals surface area contributed by atoms with E-state index in [1.165, 1.54) is 6.07 Å². The van der Waals surface area contributed by atoms with Crippen LogP contribution in [0.1, 0.15) is 24.0 Å². The minimum absolute atomic E-state index is 0.102. The lowest BCUT2D eigenvalue weighted by Gasteiger charge is -2.18. The first kappa shape index (κ1) is 24.4. The van der Waals surface area contributed by atoms with Crippen molar-refractivity contribution >= 4 is 33.2 Å². The number of carbonyl (C=O) groups excluding carboxylic acids is 2. The van der Waals surface area contributed by atoms with Gasteiger partial charge in [-0.05, 0) is 36.4 Å². The number of benzene rings is 2. The van der Waals surface area contributed by atoms with Crippen LogP contribution in [0.4, 0.5) is 37.7 Å². The minimum Gasteiger partial charge on any atom is -0.495 e. The number of carbonyl (C=O) groups is 2. The summed E-state index contributed by atoms with van der Waals surface area (Å²) in [5.41, 5.74) is -4.59. The van der Waals surface area contributed by atoms with Crippen molar-refractivity contribution in [2.45, 2.75) is 30.1 Å². The number of ether oxygens (including phenoxy) is 1. The Balaban J connectivity index is 2.09. The van der Waals surface area contributed by atoms with E-state index >= 15 is 0 Å². The molecule has 0 atom stereocenters. The van der Waals surface area contributed by atoms with Gasteiger partial charge in [0.05, 0.1) is 29.6 Å². The van der Waals surface area contributed by atoms with Gasteiger partial charge in [0.2, 0.25) is 11.8 Å². The van der Waals surface area contributed by atoms with E-state index in [1.54, 1.807) is 4.72 Å². The van der Waals surface area contributed by atoms with Crippen LogP contribution in [-0.4, -0.2) is 27.3 Å². The number of amides is 2. The molecular formula is C19H14F6N2O5S. The molecule has 0 spiro atoms. The standard InChI is InChI=1S/C19H14F6N2O5S/c1-32-14-3-2-13(27-16(28)4-5-17(27)29)9-15(14)33(30,31)26-12-7-10(18(20,21)22)6-11(8-12)19(23,24)25/h2-3,6-9,26H,4-5H2,1H3. The van der Waals surface area contributed by atoms with E-state index in [4.69, 9.17) is 4.74 Å². The largest absolute Gasteiger partial charge is 0.495 e. The Morgan fingerprint density at radius 2 is 1.39 bits per heavy atom. The van der Waals surface area contributed by atoms with Gasteiger partial charge in [-0.15, -0.1) is 0 Å². The van der Waals surface area contributed by atoms with E-state index in [0.29, 0.717) is 0 Å². The maximum absolute atomic E-state index is 13.1. The number of rotatable bonds is 5. The molecule has 1 saturated heterocycles. The van der Waals surface area contributed by atoms with Crippen molar-refractivity contribution in [3.05, 3.63) is 47.5 Å². The number of nitrogens with zero attached hydrogens (tertiary/aromatic N) is 1. The number of hydrogen-bond donors (Lipinski definition) is 1. The molecule has 2 aromatic carbocycles. The van der Waals surface area contributed by atoms with Crippen LogP contribution in [0.25, 0.3) is 0 Å². The summed E-state index contributed by atoms with van der Waals surface area (Å²) in [6.07, 6.45) is -10.6. The molecule has 0 bridgehead atoms. The van der Waals surface area contributed by atoms with E-state index < -0.39 is 55.9 Å². The summed E-state index contributed by atoms with van der Waals surface area (Å²) >= 11 is 0. The number of hydrogen-bond acceptors (Lipinski definition) is 5. The summed E-state index contributed by atoms with van der Waals surface area (Å²) in [6.45, 7) is 0. The van der Waals surface area contributed by atoms with Gasteiger partial charge in [-0.25, -0.2) is 8.42 Å². The van der Waals surface area contributed by atoms with Gasteiger partial charge in [-0.2, -0.15) is 26.3 Å². The van der Waals surface area contributed by atoms with E-state index in [9.17, 15) is 44.3 Å². The lowest BCUT2D eigenvalue weighted by atomic mass is 10.1. The van der Waals surface area contributed by atoms with E-state index in [-0.39, 0.29) is 42.5 Å². The first-order valence-electron chi connectivity index (χ1n) is 8.99. The first-order valence-corrected chi connectivity index (χ1v) is 10.5. The lowest BCUT2D eigenvalue weighted by molar-refractivity contribution is -0.143. The molecule has 33 heavy (non-hydrogen) atoms. The summed E-state index contributed by atoms with van der Waals surface area (Å²) in [5.74, 6) is -1.53. The molecule has 2 amide bonds. The van der Waals surface area contributed by atoms with Gasteiger partial charge >= 0.3 is 12.4 Å². The van der Waals surface area contributed by atoms with E-state index in [0.717, 1.165) is 24.1 Å². The molecule has 1 fully saturated rings. The Morgan fingerprint density at radius 1 is 0.879 bits per heavy atom. The highest BCUT2D eigenvalue weighted by Crippen LogP contribution is 2.39. The van der Waals surface area contributed by atoms with Crippen molar-refractivity contribution in [3.63, 3.8) is 0 Å². The fraction of sp³-hybridized carbons (Fsp3) is 0.263. The lowest BCUT2D eigenvalue weighted by Crippen LogP contribution is -2.29. The van der Waals surface area contributed by atoms with E-state index in [1.807, 2.05) is 0 Å². The Kier molecular flexibility index (Phi) is 6.08. The van der Waals surface area contributed by atoms with Crippen LogP contribution in [0.3, 0.4) is 0 Å². The van der Waals surface area contributed by atoms with Crippen LogP contribution in [0, 0.1) is 0 Å². The molecule has 2 aromatic rings. The number of halogens is 6. The van der Waals surface area contributed by atoms with Crippen molar-refractivity contribution < 1.29 is 49.1 Å². The Bertz CT molecular complexity index is 1180. The van der Waals surface area contributed by atoms with Gasteiger partial charge in [-0.1, -0.05) is 0 Å². The highest BCUT2D eigenvalue weighted by atomic mass is 32.2. The smallest absolute Gasteiger partial charge is 0.416 e. The molecule has 1 heterocycles. The van der Waals surface area contributed by atoms with Crippen molar-refractivity contribution in [3.8, 4) is 5.75 Å². The average Bonchev–Trinajstić information content (AvgIpc) is 3.03. The molecule has 14 heteroatoms. The molecular weight excluding hydrogens is 482 g/mol. The van der Waals surface area contributed by atoms with Crippen molar-refractivity contribution in [2.24, 2.45) is 0 Å². The summed E-state index contributed by atoms with van der Waals surface area (Å²) in [4.78, 5) is 23.9. The van der Waals surface area contributed by atoms with Gasteiger partial charge in [0.25, 0.3) is 10.0 Å². The van der Waals surface area contributed by atoms with Crippen molar-refractivity contribution in [1.29, 1.82) is 0 Å². The highest BCUT2D eigenvalue weighted by molar-refractivity contribution is 7.92. The summed E-state index contributed by atoms with van der Waals surface area (Å²) < 4.78 is 111. The maximum atomic E-state index is 13.1. The van der Waals surface area contributed by atoms with Gasteiger partial charge in [0, 0.05) is 12.8 Å². The zero-order valence-electron chi connectivity index (χ0n) is 16.5. The van der Waals surface area contributed by atoms with Gasteiger partial charge in [-0.3, -0.25) is 19.2 Å². The fourth-order valence-corrected chi connectivity index (χ4v) is 4.33. The van der Waals surface area contributed by atoms with Gasteiger partial charge in [0.1, 0.15) is 10.6 Å². The normalized spacial score (nSPS) is 15.2. The van der Waals surface area contributed by atoms with Crippen molar-refractivity contribution in [1.82, 2.24) is 0 Å². The summed E-state index contributed by atoms with van der Waals surface area (Å²) in [6, 6.07) is 3.43. The number of imide groups is 1. The van der Waals surface area contributed by atoms with Crippen LogP contribution in [0.15, 0.2) is 41.3 Å². The second-order valence-electron chi connectivity index (χ2n) is 6.86. The molecule has 0 aromatic heterocycles. The Labute approximate surface area is 183 Å². The van der Waals surface area contributed by atoms with Gasteiger partial charge in [0.15, 0.2) is 0 Å². The fourth-order valence-electron chi connectivity index (χ4n) is 3.10. The number of anilines is 2. The quantitative estimate of drug-likeness (QED) is 0.495. The zero-order chi connectivity index (χ0) is 24.8. The second-order valence-corrected chi connectivity index (χ2v) is 8.51. The maximum Gasteiger partial charge on any atom is 0.416 e. The summed E-state index contributed by atoms with van der Waals surface area (Å²) in [5, 5.41) is 0. The minimum atomic E-state index is -5.18. The number of nitrogens with one attached hydrogen (secondary N) is 1. The van der Waals surface area contributed by atoms with Crippen LogP contribution in [0.5, 0.6) is 5.75 Å². The number of sulfonamides is 1. The topological polar surface area (TPSA) is 92.8 Å². The van der Waals surface area contributed by atoms with Crippen LogP contribution >= 0.6 is 0 Å². The molecule has 0 unspecified atom stereocenters. The molecule has 1 N–H and O–H groups in total. The predicted octanol–water partition coefficient (Wildman–Crippen LogP) is 4.19. The Hall–Kier alpha value is -3.29. The Morgan fingerprint density at radius 3 is 1.85 bits per heavy atom. The predicted molar refractivity (Wildman–Crippen MR) is 102 cm³/mol. The molecule has 1 aliphatic rings. The first-order chi connectivity index (χ1) is 15.1. The third kappa shape index (κ3) is 5.05. The second kappa shape index (κ2) is 8.24. The zero-order valence-corrected chi connectivity index (χ0v) is 17.4. The molecule has 0 aliphatic carbocycles. The molecule has 178 valence electrons. The van der Waals surface area contributed by atoms with Crippen LogP contribution in [0.2, 0.25) is 0 Å². The SMILES string of the molecule is COc1ccc(N2C(=O)CCC2=O)cc1S(=O)(=O)Nc1cc(C(F)(F)F)cc(C(F)(F)F)c1. The molecule has 0 radical (unpaired) electrons. The van der Waals surface area contributed by atoms with Gasteiger partial charge < -0.3 is 4.74 Å². The monoisotopic (exact) mass is 496 g/mol. The van der Waals surface area contributed by atoms with Crippen LogP contribution in [-0.2, 0) is 32.0 Å². The van der Waals surface area contributed by atoms with Crippen LogP contribution < -0.4 is 14.4 Å². The third-order valence-electron chi connectivity index (χ3n) is 4.59. The molecule has 7 nitrogen and oxygen atoms in total. The average molecular weight is 496 g/mol. The molecule has 1 aliphatic heterocycles. The van der Waals surface area contributed by atoms with Crippen molar-refractivity contribution in [2.75, 3.05) is 16.7 Å². The van der Waals surface area contributed by atoms with E-state index in [2.05, 4.69) is 0 Å². The summed E-state index contributed by atoms with van der Waals surface area (Å²) in [7, 11) is -3.75. The highest BCUT2D eigenvalue weighted by Gasteiger charge is 2.38.